The molecule has 1 heterocycles. The van der Waals surface area contributed by atoms with Crippen LogP contribution in [0.5, 0.6) is 5.75 Å². The maximum Gasteiger partial charge on any atom is 0.119 e. The lowest BCUT2D eigenvalue weighted by atomic mass is 10.3. The second kappa shape index (κ2) is 4.70. The molecule has 2 aromatic rings. The van der Waals surface area contributed by atoms with Crippen molar-refractivity contribution in [1.82, 2.24) is 9.55 Å². The minimum Gasteiger partial charge on any atom is -0.497 e. The summed E-state index contributed by atoms with van der Waals surface area (Å²) in [5.74, 6) is 0.867. The molecule has 1 N–H and O–H groups in total. The molecule has 0 amide bonds. The van der Waals surface area contributed by atoms with Crippen LogP contribution < -0.4 is 10.1 Å². The number of aryl methyl sites for hydroxylation is 1. The number of hydrogen-bond donors (Lipinski definition) is 1. The van der Waals surface area contributed by atoms with Crippen LogP contribution in [0.2, 0.25) is 0 Å². The summed E-state index contributed by atoms with van der Waals surface area (Å²) < 4.78 is 7.09. The number of anilines is 1. The third-order valence-corrected chi connectivity index (χ3v) is 2.48. The van der Waals surface area contributed by atoms with E-state index in [0.29, 0.717) is 0 Å². The SMILES string of the molecule is COc1ccc(NCc2cncn2C)cc1. The summed E-state index contributed by atoms with van der Waals surface area (Å²) in [7, 11) is 3.65. The molecule has 0 saturated heterocycles. The normalized spacial score (nSPS) is 10.1. The molecule has 0 bridgehead atoms. The molecule has 1 aromatic heterocycles. The molecule has 84 valence electrons. The fraction of sp³-hybridized carbons (Fsp3) is 0.250. The molecule has 16 heavy (non-hydrogen) atoms. The maximum absolute atomic E-state index is 5.10. The quantitative estimate of drug-likeness (QED) is 0.851. The first-order chi connectivity index (χ1) is 7.79. The molecule has 0 unspecified atom stereocenters. The Morgan fingerprint density at radius 2 is 2.06 bits per heavy atom. The topological polar surface area (TPSA) is 39.1 Å². The molecule has 4 nitrogen and oxygen atoms in total. The third kappa shape index (κ3) is 2.34. The molecule has 0 fully saturated rings. The van der Waals surface area contributed by atoms with Gasteiger partial charge in [0.15, 0.2) is 0 Å². The predicted octanol–water partition coefficient (Wildman–Crippen LogP) is 2.04. The Labute approximate surface area is 94.9 Å². The average Bonchev–Trinajstić information content (AvgIpc) is 2.73. The zero-order valence-electron chi connectivity index (χ0n) is 9.47. The van der Waals surface area contributed by atoms with Crippen molar-refractivity contribution < 1.29 is 4.74 Å². The molecular formula is C12H15N3O. The van der Waals surface area contributed by atoms with Crippen LogP contribution in [0.25, 0.3) is 0 Å². The van der Waals surface area contributed by atoms with Gasteiger partial charge < -0.3 is 14.6 Å². The van der Waals surface area contributed by atoms with Gasteiger partial charge >= 0.3 is 0 Å². The van der Waals surface area contributed by atoms with Crippen LogP contribution in [-0.4, -0.2) is 16.7 Å². The van der Waals surface area contributed by atoms with Crippen molar-refractivity contribution in [3.05, 3.63) is 42.5 Å². The zero-order valence-corrected chi connectivity index (χ0v) is 9.47. The fourth-order valence-corrected chi connectivity index (χ4v) is 1.46. The summed E-state index contributed by atoms with van der Waals surface area (Å²) in [4.78, 5) is 4.06. The van der Waals surface area contributed by atoms with Gasteiger partial charge in [0.1, 0.15) is 5.75 Å². The molecule has 0 aliphatic carbocycles. The van der Waals surface area contributed by atoms with E-state index in [9.17, 15) is 0 Å². The molecule has 0 atom stereocenters. The lowest BCUT2D eigenvalue weighted by Gasteiger charge is -2.07. The summed E-state index contributed by atoms with van der Waals surface area (Å²) in [6.45, 7) is 0.767. The molecule has 0 radical (unpaired) electrons. The highest BCUT2D eigenvalue weighted by molar-refractivity contribution is 5.46. The summed E-state index contributed by atoms with van der Waals surface area (Å²) >= 11 is 0. The summed E-state index contributed by atoms with van der Waals surface area (Å²) in [5, 5.41) is 3.32. The van der Waals surface area contributed by atoms with Gasteiger partial charge in [0.25, 0.3) is 0 Å². The van der Waals surface area contributed by atoms with Crippen LogP contribution in [0.15, 0.2) is 36.8 Å². The van der Waals surface area contributed by atoms with Gasteiger partial charge in [0, 0.05) is 18.9 Å². The number of methoxy groups -OCH3 is 1. The lowest BCUT2D eigenvalue weighted by Crippen LogP contribution is -2.03. The maximum atomic E-state index is 5.10. The first-order valence-corrected chi connectivity index (χ1v) is 5.12. The van der Waals surface area contributed by atoms with E-state index in [2.05, 4.69) is 10.3 Å². The number of imidazole rings is 1. The van der Waals surface area contributed by atoms with Crippen molar-refractivity contribution in [1.29, 1.82) is 0 Å². The standard InChI is InChI=1S/C12H15N3O/c1-15-9-13-7-11(15)8-14-10-3-5-12(16-2)6-4-10/h3-7,9,14H,8H2,1-2H3. The van der Waals surface area contributed by atoms with Gasteiger partial charge in [0.05, 0.1) is 25.7 Å². The Bertz CT molecular complexity index is 448. The van der Waals surface area contributed by atoms with Crippen molar-refractivity contribution in [2.45, 2.75) is 6.54 Å². The van der Waals surface area contributed by atoms with Gasteiger partial charge in [-0.1, -0.05) is 0 Å². The van der Waals surface area contributed by atoms with Crippen molar-refractivity contribution >= 4 is 5.69 Å². The van der Waals surface area contributed by atoms with Crippen LogP contribution in [-0.2, 0) is 13.6 Å². The molecule has 1 aromatic carbocycles. The Morgan fingerprint density at radius 1 is 1.31 bits per heavy atom. The number of rotatable bonds is 4. The number of benzene rings is 1. The molecule has 0 saturated carbocycles. The van der Waals surface area contributed by atoms with Crippen LogP contribution in [0, 0.1) is 0 Å². The second-order valence-electron chi connectivity index (χ2n) is 3.58. The summed E-state index contributed by atoms with van der Waals surface area (Å²) in [6, 6.07) is 7.86. The number of hydrogen-bond acceptors (Lipinski definition) is 3. The van der Waals surface area contributed by atoms with Crippen molar-refractivity contribution in [2.75, 3.05) is 12.4 Å². The van der Waals surface area contributed by atoms with Crippen LogP contribution in [0.4, 0.5) is 5.69 Å². The fourth-order valence-electron chi connectivity index (χ4n) is 1.46. The molecule has 4 heteroatoms. The van der Waals surface area contributed by atoms with E-state index in [0.717, 1.165) is 23.7 Å². The van der Waals surface area contributed by atoms with Crippen molar-refractivity contribution in [3.8, 4) is 5.75 Å². The van der Waals surface area contributed by atoms with Gasteiger partial charge in [-0.2, -0.15) is 0 Å². The molecule has 2 rings (SSSR count). The second-order valence-corrected chi connectivity index (χ2v) is 3.58. The van der Waals surface area contributed by atoms with E-state index >= 15 is 0 Å². The van der Waals surface area contributed by atoms with Crippen LogP contribution in [0.3, 0.4) is 0 Å². The first kappa shape index (κ1) is 10.5. The van der Waals surface area contributed by atoms with E-state index in [1.807, 2.05) is 42.1 Å². The van der Waals surface area contributed by atoms with Gasteiger partial charge in [-0.25, -0.2) is 4.98 Å². The highest BCUT2D eigenvalue weighted by atomic mass is 16.5. The van der Waals surface area contributed by atoms with E-state index < -0.39 is 0 Å². The monoisotopic (exact) mass is 217 g/mol. The number of nitrogens with zero attached hydrogens (tertiary/aromatic N) is 2. The van der Waals surface area contributed by atoms with E-state index in [-0.39, 0.29) is 0 Å². The van der Waals surface area contributed by atoms with Gasteiger partial charge in [-0.15, -0.1) is 0 Å². The Balaban J connectivity index is 1.97. The van der Waals surface area contributed by atoms with E-state index in [1.165, 1.54) is 0 Å². The Kier molecular flexibility index (Phi) is 3.10. The number of ether oxygens (including phenoxy) is 1. The lowest BCUT2D eigenvalue weighted by molar-refractivity contribution is 0.415. The largest absolute Gasteiger partial charge is 0.497 e. The molecule has 0 aliphatic heterocycles. The van der Waals surface area contributed by atoms with E-state index in [4.69, 9.17) is 4.74 Å². The molecule has 0 spiro atoms. The Hall–Kier alpha value is -1.97. The van der Waals surface area contributed by atoms with Gasteiger partial charge in [-0.3, -0.25) is 0 Å². The smallest absolute Gasteiger partial charge is 0.119 e. The predicted molar refractivity (Wildman–Crippen MR) is 63.5 cm³/mol. The van der Waals surface area contributed by atoms with Crippen molar-refractivity contribution in [3.63, 3.8) is 0 Å². The molecule has 0 aliphatic rings. The summed E-state index contributed by atoms with van der Waals surface area (Å²) in [6.07, 6.45) is 3.65. The average molecular weight is 217 g/mol. The molecular weight excluding hydrogens is 202 g/mol. The zero-order chi connectivity index (χ0) is 11.4. The van der Waals surface area contributed by atoms with Crippen LogP contribution in [0.1, 0.15) is 5.69 Å². The summed E-state index contributed by atoms with van der Waals surface area (Å²) in [5.41, 5.74) is 2.22. The highest BCUT2D eigenvalue weighted by Gasteiger charge is 1.98. The van der Waals surface area contributed by atoms with Crippen LogP contribution >= 0.6 is 0 Å². The Morgan fingerprint density at radius 3 is 2.62 bits per heavy atom. The minimum absolute atomic E-state index is 0.767. The van der Waals surface area contributed by atoms with Crippen molar-refractivity contribution in [2.24, 2.45) is 7.05 Å². The minimum atomic E-state index is 0.767. The van der Waals surface area contributed by atoms with E-state index in [1.54, 1.807) is 13.4 Å². The first-order valence-electron chi connectivity index (χ1n) is 5.12. The van der Waals surface area contributed by atoms with Gasteiger partial charge in [0.2, 0.25) is 0 Å². The van der Waals surface area contributed by atoms with Gasteiger partial charge in [-0.05, 0) is 24.3 Å². The highest BCUT2D eigenvalue weighted by Crippen LogP contribution is 2.15. The number of nitrogens with one attached hydrogen (secondary N) is 1. The third-order valence-electron chi connectivity index (χ3n) is 2.48. The number of aromatic nitrogens is 2.